The Balaban J connectivity index is 2.62. The maximum Gasteiger partial charge on any atom is 0.173 e. The Morgan fingerprint density at radius 1 is 1.82 bits per heavy atom. The van der Waals surface area contributed by atoms with Crippen molar-refractivity contribution in [2.75, 3.05) is 7.11 Å². The second kappa shape index (κ2) is 3.57. The van der Waals surface area contributed by atoms with Crippen LogP contribution < -0.4 is 0 Å². The van der Waals surface area contributed by atoms with E-state index in [9.17, 15) is 0 Å². The zero-order chi connectivity index (χ0) is 8.10. The Morgan fingerprint density at radius 2 is 2.64 bits per heavy atom. The fraction of sp³-hybridized carbons (Fsp3) is 0.250. The van der Waals surface area contributed by atoms with Crippen molar-refractivity contribution in [3.05, 3.63) is 23.9 Å². The lowest BCUT2D eigenvalue weighted by Crippen LogP contribution is -1.91. The predicted molar refractivity (Wildman–Crippen MR) is 41.8 cm³/mol. The van der Waals surface area contributed by atoms with Gasteiger partial charge in [-0.05, 0) is 6.08 Å². The van der Waals surface area contributed by atoms with Gasteiger partial charge in [0.1, 0.15) is 5.92 Å². The number of aliphatic imine (C=N–C) groups is 1. The molecule has 0 bridgehead atoms. The van der Waals surface area contributed by atoms with Crippen LogP contribution in [0.1, 0.15) is 0 Å². The van der Waals surface area contributed by atoms with Gasteiger partial charge in [-0.15, -0.1) is 0 Å². The van der Waals surface area contributed by atoms with Gasteiger partial charge in [-0.2, -0.15) is 5.26 Å². The molecule has 0 radical (unpaired) electrons. The molecule has 1 aliphatic rings. The number of methoxy groups -OCH3 is 1. The highest BCUT2D eigenvalue weighted by Crippen LogP contribution is 2.18. The first-order valence-electron chi connectivity index (χ1n) is 3.22. The number of allylic oxidation sites excluding steroid dienone is 3. The Labute approximate surface area is 65.3 Å². The Kier molecular flexibility index (Phi) is 2.45. The molecule has 0 aliphatic heterocycles. The summed E-state index contributed by atoms with van der Waals surface area (Å²) >= 11 is 0. The van der Waals surface area contributed by atoms with E-state index in [1.54, 1.807) is 12.2 Å². The van der Waals surface area contributed by atoms with Gasteiger partial charge in [0.2, 0.25) is 0 Å². The van der Waals surface area contributed by atoms with Gasteiger partial charge in [0.05, 0.1) is 18.9 Å². The number of ether oxygens (including phenoxy) is 1. The third-order valence-corrected chi connectivity index (χ3v) is 1.34. The summed E-state index contributed by atoms with van der Waals surface area (Å²) in [4.78, 5) is 3.92. The van der Waals surface area contributed by atoms with E-state index >= 15 is 0 Å². The molecule has 3 heteroatoms. The minimum absolute atomic E-state index is 0.207. The lowest BCUT2D eigenvalue weighted by atomic mass is 10.1. The van der Waals surface area contributed by atoms with Crippen molar-refractivity contribution >= 4 is 6.40 Å². The highest BCUT2D eigenvalue weighted by molar-refractivity contribution is 5.50. The molecule has 11 heavy (non-hydrogen) atoms. The van der Waals surface area contributed by atoms with Crippen LogP contribution in [0.3, 0.4) is 0 Å². The van der Waals surface area contributed by atoms with Crippen LogP contribution >= 0.6 is 0 Å². The van der Waals surface area contributed by atoms with Crippen LogP contribution in [0.5, 0.6) is 0 Å². The SMILES string of the molecule is COC=NC1=CC=CC1C#N. The molecule has 0 amide bonds. The van der Waals surface area contributed by atoms with Crippen LogP contribution in [0.25, 0.3) is 0 Å². The molecule has 0 aromatic carbocycles. The van der Waals surface area contributed by atoms with Gasteiger partial charge in [-0.25, -0.2) is 4.99 Å². The van der Waals surface area contributed by atoms with Crippen molar-refractivity contribution < 1.29 is 4.74 Å². The molecule has 56 valence electrons. The summed E-state index contributed by atoms with van der Waals surface area (Å²) in [5, 5.41) is 8.58. The summed E-state index contributed by atoms with van der Waals surface area (Å²) in [7, 11) is 1.52. The lowest BCUT2D eigenvalue weighted by molar-refractivity contribution is 0.422. The minimum Gasteiger partial charge on any atom is -0.486 e. The van der Waals surface area contributed by atoms with Crippen LogP contribution in [0, 0.1) is 17.2 Å². The maximum absolute atomic E-state index is 8.58. The molecule has 0 spiro atoms. The van der Waals surface area contributed by atoms with Gasteiger partial charge in [0, 0.05) is 0 Å². The van der Waals surface area contributed by atoms with E-state index in [0.29, 0.717) is 0 Å². The van der Waals surface area contributed by atoms with Crippen molar-refractivity contribution in [2.24, 2.45) is 10.9 Å². The second-order valence-corrected chi connectivity index (χ2v) is 2.05. The van der Waals surface area contributed by atoms with Crippen molar-refractivity contribution in [1.82, 2.24) is 0 Å². The van der Waals surface area contributed by atoms with Gasteiger partial charge in [0.25, 0.3) is 0 Å². The lowest BCUT2D eigenvalue weighted by Gasteiger charge is -1.96. The van der Waals surface area contributed by atoms with Gasteiger partial charge in [0.15, 0.2) is 6.40 Å². The second-order valence-electron chi connectivity index (χ2n) is 2.05. The molecule has 0 heterocycles. The standard InChI is InChI=1S/C8H8N2O/c1-11-6-10-8-4-2-3-7(8)5-9/h2-4,6-7H,1H3. The van der Waals surface area contributed by atoms with Gasteiger partial charge in [-0.3, -0.25) is 0 Å². The quantitative estimate of drug-likeness (QED) is 0.437. The van der Waals surface area contributed by atoms with Crippen LogP contribution in [0.4, 0.5) is 0 Å². The van der Waals surface area contributed by atoms with E-state index in [-0.39, 0.29) is 5.92 Å². The number of rotatable bonds is 2. The molecule has 0 fully saturated rings. The average molecular weight is 148 g/mol. The van der Waals surface area contributed by atoms with E-state index in [2.05, 4.69) is 15.8 Å². The number of nitriles is 1. The molecule has 0 saturated heterocycles. The number of hydrogen-bond donors (Lipinski definition) is 0. The molecule has 0 saturated carbocycles. The molecular weight excluding hydrogens is 140 g/mol. The van der Waals surface area contributed by atoms with E-state index in [1.807, 2.05) is 6.08 Å². The van der Waals surface area contributed by atoms with Gasteiger partial charge < -0.3 is 4.74 Å². The normalized spacial score (nSPS) is 21.8. The summed E-state index contributed by atoms with van der Waals surface area (Å²) in [5.74, 6) is -0.207. The molecule has 0 aromatic heterocycles. The van der Waals surface area contributed by atoms with Crippen molar-refractivity contribution in [2.45, 2.75) is 0 Å². The van der Waals surface area contributed by atoms with Crippen LogP contribution in [0.15, 0.2) is 28.9 Å². The summed E-state index contributed by atoms with van der Waals surface area (Å²) in [6, 6.07) is 2.10. The molecule has 1 rings (SSSR count). The van der Waals surface area contributed by atoms with Crippen LogP contribution in [-0.4, -0.2) is 13.5 Å². The Hall–Kier alpha value is -1.56. The molecule has 0 aromatic rings. The first-order chi connectivity index (χ1) is 5.38. The summed E-state index contributed by atoms with van der Waals surface area (Å²) < 4.78 is 4.63. The zero-order valence-corrected chi connectivity index (χ0v) is 6.19. The Morgan fingerprint density at radius 3 is 3.27 bits per heavy atom. The first kappa shape index (κ1) is 7.55. The van der Waals surface area contributed by atoms with Crippen molar-refractivity contribution in [3.8, 4) is 6.07 Å². The highest BCUT2D eigenvalue weighted by Gasteiger charge is 2.11. The average Bonchev–Trinajstić information content (AvgIpc) is 2.47. The number of nitrogens with zero attached hydrogens (tertiary/aromatic N) is 2. The van der Waals surface area contributed by atoms with Crippen molar-refractivity contribution in [1.29, 1.82) is 5.26 Å². The van der Waals surface area contributed by atoms with Gasteiger partial charge in [-0.1, -0.05) is 12.2 Å². The molecule has 1 unspecified atom stereocenters. The first-order valence-corrected chi connectivity index (χ1v) is 3.22. The zero-order valence-electron chi connectivity index (χ0n) is 6.19. The predicted octanol–water partition coefficient (Wildman–Crippen LogP) is 1.25. The minimum atomic E-state index is -0.207. The molecule has 1 atom stereocenters. The largest absolute Gasteiger partial charge is 0.486 e. The third-order valence-electron chi connectivity index (χ3n) is 1.34. The summed E-state index contributed by atoms with van der Waals surface area (Å²) in [5.41, 5.74) is 0.731. The van der Waals surface area contributed by atoms with Gasteiger partial charge >= 0.3 is 0 Å². The monoisotopic (exact) mass is 148 g/mol. The molecule has 0 N–H and O–H groups in total. The molecule has 1 aliphatic carbocycles. The van der Waals surface area contributed by atoms with E-state index in [4.69, 9.17) is 5.26 Å². The molecule has 3 nitrogen and oxygen atoms in total. The fourth-order valence-electron chi connectivity index (χ4n) is 0.814. The smallest absolute Gasteiger partial charge is 0.173 e. The molecular formula is C8H8N2O. The van der Waals surface area contributed by atoms with E-state index in [1.165, 1.54) is 13.5 Å². The Bertz CT molecular complexity index is 258. The van der Waals surface area contributed by atoms with E-state index < -0.39 is 0 Å². The van der Waals surface area contributed by atoms with Crippen LogP contribution in [-0.2, 0) is 4.74 Å². The highest BCUT2D eigenvalue weighted by atomic mass is 16.5. The topological polar surface area (TPSA) is 45.4 Å². The number of hydrogen-bond acceptors (Lipinski definition) is 3. The fourth-order valence-corrected chi connectivity index (χ4v) is 0.814. The van der Waals surface area contributed by atoms with E-state index in [0.717, 1.165) is 5.70 Å². The maximum atomic E-state index is 8.58. The third kappa shape index (κ3) is 1.68. The summed E-state index contributed by atoms with van der Waals surface area (Å²) in [6.45, 7) is 0. The van der Waals surface area contributed by atoms with Crippen molar-refractivity contribution in [3.63, 3.8) is 0 Å². The summed E-state index contributed by atoms with van der Waals surface area (Å²) in [6.07, 6.45) is 6.73. The van der Waals surface area contributed by atoms with Crippen LogP contribution in [0.2, 0.25) is 0 Å².